The van der Waals surface area contributed by atoms with Crippen molar-refractivity contribution in [3.63, 3.8) is 0 Å². The first-order valence-electron chi connectivity index (χ1n) is 5.57. The van der Waals surface area contributed by atoms with Gasteiger partial charge >= 0.3 is 0 Å². The second-order valence-corrected chi connectivity index (χ2v) is 5.87. The summed E-state index contributed by atoms with van der Waals surface area (Å²) in [6, 6.07) is 18.9. The Kier molecular flexibility index (Phi) is 4.98. The summed E-state index contributed by atoms with van der Waals surface area (Å²) in [6.45, 7) is 0.702. The molecule has 0 bridgehead atoms. The summed E-state index contributed by atoms with van der Waals surface area (Å²) in [6.07, 6.45) is 0.943. The molecule has 17 heavy (non-hydrogen) atoms. The molecule has 0 saturated carbocycles. The van der Waals surface area contributed by atoms with Gasteiger partial charge in [-0.25, -0.2) is 0 Å². The standard InChI is InChI=1S/C14H15NS2/c15-11-10-12-6-4-5-9-14(12)17-16-13-7-2-1-3-8-13/h1-9H,10-11,15H2. The Morgan fingerprint density at radius 3 is 2.29 bits per heavy atom. The molecule has 0 aliphatic carbocycles. The summed E-state index contributed by atoms with van der Waals surface area (Å²) in [7, 11) is 3.59. The van der Waals surface area contributed by atoms with Crippen molar-refractivity contribution in [2.75, 3.05) is 6.54 Å². The Morgan fingerprint density at radius 1 is 0.824 bits per heavy atom. The van der Waals surface area contributed by atoms with Crippen LogP contribution in [0.4, 0.5) is 0 Å². The summed E-state index contributed by atoms with van der Waals surface area (Å²) >= 11 is 0. The van der Waals surface area contributed by atoms with Gasteiger partial charge in [0.1, 0.15) is 0 Å². The van der Waals surface area contributed by atoms with Crippen LogP contribution in [0.5, 0.6) is 0 Å². The number of rotatable bonds is 5. The van der Waals surface area contributed by atoms with Crippen molar-refractivity contribution in [1.82, 2.24) is 0 Å². The molecule has 0 radical (unpaired) electrons. The van der Waals surface area contributed by atoms with Gasteiger partial charge < -0.3 is 5.73 Å². The average Bonchev–Trinajstić information content (AvgIpc) is 2.39. The Morgan fingerprint density at radius 2 is 1.53 bits per heavy atom. The molecule has 2 rings (SSSR count). The SMILES string of the molecule is NCCc1ccccc1SSc1ccccc1. The molecule has 0 spiro atoms. The van der Waals surface area contributed by atoms with Crippen LogP contribution in [0.15, 0.2) is 64.4 Å². The highest BCUT2D eigenvalue weighted by atomic mass is 33.1. The highest BCUT2D eigenvalue weighted by molar-refractivity contribution is 8.76. The zero-order chi connectivity index (χ0) is 11.9. The monoisotopic (exact) mass is 261 g/mol. The highest BCUT2D eigenvalue weighted by Crippen LogP contribution is 2.38. The molecular weight excluding hydrogens is 246 g/mol. The van der Waals surface area contributed by atoms with Gasteiger partial charge in [0, 0.05) is 9.79 Å². The number of benzene rings is 2. The number of hydrogen-bond donors (Lipinski definition) is 1. The van der Waals surface area contributed by atoms with Crippen molar-refractivity contribution in [3.05, 3.63) is 60.2 Å². The van der Waals surface area contributed by atoms with Crippen molar-refractivity contribution >= 4 is 21.6 Å². The van der Waals surface area contributed by atoms with Crippen LogP contribution in [-0.2, 0) is 6.42 Å². The first kappa shape index (κ1) is 12.6. The average molecular weight is 261 g/mol. The first-order valence-corrected chi connectivity index (χ1v) is 7.72. The van der Waals surface area contributed by atoms with Gasteiger partial charge in [0.15, 0.2) is 0 Å². The second-order valence-electron chi connectivity index (χ2n) is 3.63. The van der Waals surface area contributed by atoms with E-state index in [4.69, 9.17) is 5.73 Å². The maximum atomic E-state index is 5.62. The van der Waals surface area contributed by atoms with E-state index in [2.05, 4.69) is 48.5 Å². The van der Waals surface area contributed by atoms with Crippen molar-refractivity contribution in [2.24, 2.45) is 5.73 Å². The molecule has 0 heterocycles. The van der Waals surface area contributed by atoms with Gasteiger partial charge in [0.25, 0.3) is 0 Å². The van der Waals surface area contributed by atoms with Crippen molar-refractivity contribution in [1.29, 1.82) is 0 Å². The molecule has 0 unspecified atom stereocenters. The molecule has 0 saturated heterocycles. The van der Waals surface area contributed by atoms with Crippen molar-refractivity contribution < 1.29 is 0 Å². The van der Waals surface area contributed by atoms with Crippen LogP contribution in [0.3, 0.4) is 0 Å². The van der Waals surface area contributed by atoms with Gasteiger partial charge in [-0.1, -0.05) is 58.0 Å². The van der Waals surface area contributed by atoms with E-state index in [-0.39, 0.29) is 0 Å². The minimum absolute atomic E-state index is 0.702. The lowest BCUT2D eigenvalue weighted by Gasteiger charge is -2.07. The Labute approximate surface area is 110 Å². The van der Waals surface area contributed by atoms with Crippen LogP contribution < -0.4 is 5.73 Å². The van der Waals surface area contributed by atoms with Gasteiger partial charge in [-0.15, -0.1) is 0 Å². The Balaban J connectivity index is 2.03. The lowest BCUT2D eigenvalue weighted by molar-refractivity contribution is 0.945. The molecule has 0 aliphatic rings. The predicted molar refractivity (Wildman–Crippen MR) is 77.4 cm³/mol. The maximum Gasteiger partial charge on any atom is 0.0218 e. The molecule has 0 atom stereocenters. The molecule has 0 fully saturated rings. The minimum atomic E-state index is 0.702. The van der Waals surface area contributed by atoms with E-state index >= 15 is 0 Å². The van der Waals surface area contributed by atoms with E-state index in [0.717, 1.165) is 6.42 Å². The molecule has 88 valence electrons. The fourth-order valence-corrected chi connectivity index (χ4v) is 3.76. The van der Waals surface area contributed by atoms with Crippen LogP contribution in [0.25, 0.3) is 0 Å². The Bertz CT molecular complexity index is 457. The van der Waals surface area contributed by atoms with Gasteiger partial charge in [0.2, 0.25) is 0 Å². The third-order valence-corrected chi connectivity index (χ3v) is 4.85. The van der Waals surface area contributed by atoms with E-state index in [1.165, 1.54) is 15.4 Å². The van der Waals surface area contributed by atoms with E-state index in [9.17, 15) is 0 Å². The van der Waals surface area contributed by atoms with Crippen LogP contribution in [0.1, 0.15) is 5.56 Å². The maximum absolute atomic E-state index is 5.62. The van der Waals surface area contributed by atoms with Gasteiger partial charge in [-0.3, -0.25) is 0 Å². The number of hydrogen-bond acceptors (Lipinski definition) is 3. The molecule has 2 aromatic carbocycles. The van der Waals surface area contributed by atoms with Gasteiger partial charge in [-0.2, -0.15) is 0 Å². The van der Waals surface area contributed by atoms with Crippen LogP contribution in [-0.4, -0.2) is 6.54 Å². The normalized spacial score (nSPS) is 10.4. The molecule has 0 aromatic heterocycles. The third-order valence-electron chi connectivity index (χ3n) is 2.36. The van der Waals surface area contributed by atoms with Crippen LogP contribution in [0.2, 0.25) is 0 Å². The minimum Gasteiger partial charge on any atom is -0.330 e. The topological polar surface area (TPSA) is 26.0 Å². The molecule has 0 aliphatic heterocycles. The third kappa shape index (κ3) is 3.80. The summed E-state index contributed by atoms with van der Waals surface area (Å²) in [4.78, 5) is 2.59. The molecule has 3 heteroatoms. The van der Waals surface area contributed by atoms with Crippen molar-refractivity contribution in [3.8, 4) is 0 Å². The summed E-state index contributed by atoms with van der Waals surface area (Å²) in [5.41, 5.74) is 6.96. The lowest BCUT2D eigenvalue weighted by Crippen LogP contribution is -2.03. The molecule has 0 amide bonds. The summed E-state index contributed by atoms with van der Waals surface area (Å²) in [5.74, 6) is 0. The molecule has 2 aromatic rings. The second kappa shape index (κ2) is 6.74. The number of nitrogens with two attached hydrogens (primary N) is 1. The highest BCUT2D eigenvalue weighted by Gasteiger charge is 2.02. The molecular formula is C14H15NS2. The summed E-state index contributed by atoms with van der Waals surface area (Å²) in [5, 5.41) is 0. The van der Waals surface area contributed by atoms with Crippen LogP contribution in [0, 0.1) is 0 Å². The van der Waals surface area contributed by atoms with Crippen molar-refractivity contribution in [2.45, 2.75) is 16.2 Å². The van der Waals surface area contributed by atoms with E-state index in [1.54, 1.807) is 21.6 Å². The largest absolute Gasteiger partial charge is 0.330 e. The van der Waals surface area contributed by atoms with E-state index in [0.29, 0.717) is 6.54 Å². The van der Waals surface area contributed by atoms with Gasteiger partial charge in [0.05, 0.1) is 0 Å². The zero-order valence-corrected chi connectivity index (χ0v) is 11.1. The van der Waals surface area contributed by atoms with E-state index in [1.807, 2.05) is 6.07 Å². The first-order chi connectivity index (χ1) is 8.40. The zero-order valence-electron chi connectivity index (χ0n) is 9.50. The fourth-order valence-electron chi connectivity index (χ4n) is 1.52. The molecule has 1 nitrogen and oxygen atoms in total. The molecule has 2 N–H and O–H groups in total. The van der Waals surface area contributed by atoms with E-state index < -0.39 is 0 Å². The lowest BCUT2D eigenvalue weighted by atomic mass is 10.1. The smallest absolute Gasteiger partial charge is 0.0218 e. The van der Waals surface area contributed by atoms with Gasteiger partial charge in [-0.05, 0) is 36.7 Å². The van der Waals surface area contributed by atoms with Crippen LogP contribution >= 0.6 is 21.6 Å². The quantitative estimate of drug-likeness (QED) is 0.824. The summed E-state index contributed by atoms with van der Waals surface area (Å²) < 4.78 is 0. The predicted octanol–water partition coefficient (Wildman–Crippen LogP) is 3.99. The Hall–Kier alpha value is -0.900. The fraction of sp³-hybridized carbons (Fsp3) is 0.143.